The van der Waals surface area contributed by atoms with Gasteiger partial charge in [0.15, 0.2) is 0 Å². The molecular formula is C18H24O2. The van der Waals surface area contributed by atoms with Crippen molar-refractivity contribution in [1.82, 2.24) is 0 Å². The molecule has 3 atom stereocenters. The Morgan fingerprint density at radius 1 is 1.35 bits per heavy atom. The molecule has 0 heterocycles. The average molecular weight is 272 g/mol. The van der Waals surface area contributed by atoms with Gasteiger partial charge in [0.25, 0.3) is 0 Å². The molecular weight excluding hydrogens is 248 g/mol. The molecule has 2 fully saturated rings. The third-order valence-corrected chi connectivity index (χ3v) is 5.33. The molecule has 1 aromatic carbocycles. The van der Waals surface area contributed by atoms with Gasteiger partial charge in [-0.2, -0.15) is 0 Å². The normalized spacial score (nSPS) is 30.4. The zero-order valence-corrected chi connectivity index (χ0v) is 12.5. The summed E-state index contributed by atoms with van der Waals surface area (Å²) in [6.45, 7) is 5.15. The summed E-state index contributed by atoms with van der Waals surface area (Å²) in [5.41, 5.74) is 1.58. The highest BCUT2D eigenvalue weighted by Gasteiger charge is 2.53. The number of carbonyl (C=O) groups excluding carboxylic acids is 1. The number of hydrogen-bond donors (Lipinski definition) is 0. The number of rotatable bonds is 5. The molecule has 0 bridgehead atoms. The van der Waals surface area contributed by atoms with Crippen LogP contribution in [-0.2, 0) is 9.53 Å². The molecule has 108 valence electrons. The second-order valence-electron chi connectivity index (χ2n) is 6.90. The van der Waals surface area contributed by atoms with Gasteiger partial charge in [0, 0.05) is 5.41 Å². The van der Waals surface area contributed by atoms with Crippen LogP contribution in [0.4, 0.5) is 0 Å². The number of benzene rings is 1. The Labute approximate surface area is 121 Å². The minimum absolute atomic E-state index is 0.0375. The van der Waals surface area contributed by atoms with Gasteiger partial charge in [-0.05, 0) is 36.7 Å². The van der Waals surface area contributed by atoms with Crippen molar-refractivity contribution < 1.29 is 9.53 Å². The number of esters is 1. The van der Waals surface area contributed by atoms with Crippen LogP contribution in [0.15, 0.2) is 30.3 Å². The topological polar surface area (TPSA) is 26.3 Å². The first-order valence-corrected chi connectivity index (χ1v) is 7.82. The third-order valence-electron chi connectivity index (χ3n) is 5.33. The van der Waals surface area contributed by atoms with Crippen LogP contribution in [-0.4, -0.2) is 12.6 Å². The molecule has 0 spiro atoms. The maximum absolute atomic E-state index is 11.8. The van der Waals surface area contributed by atoms with Crippen molar-refractivity contribution >= 4 is 5.97 Å². The molecule has 20 heavy (non-hydrogen) atoms. The lowest BCUT2D eigenvalue weighted by molar-refractivity contribution is -0.153. The van der Waals surface area contributed by atoms with Crippen LogP contribution < -0.4 is 0 Å². The largest absolute Gasteiger partial charge is 0.465 e. The third kappa shape index (κ3) is 2.61. The Morgan fingerprint density at radius 2 is 2.05 bits per heavy atom. The van der Waals surface area contributed by atoms with Crippen molar-refractivity contribution in [3.05, 3.63) is 35.9 Å². The van der Waals surface area contributed by atoms with E-state index in [0.29, 0.717) is 18.4 Å². The van der Waals surface area contributed by atoms with E-state index in [1.807, 2.05) is 0 Å². The molecule has 1 aromatic rings. The number of carbonyl (C=O) groups is 1. The summed E-state index contributed by atoms with van der Waals surface area (Å²) in [4.78, 5) is 11.8. The van der Waals surface area contributed by atoms with Crippen molar-refractivity contribution in [3.63, 3.8) is 0 Å². The predicted molar refractivity (Wildman–Crippen MR) is 79.4 cm³/mol. The van der Waals surface area contributed by atoms with Gasteiger partial charge < -0.3 is 4.74 Å². The van der Waals surface area contributed by atoms with E-state index in [9.17, 15) is 4.79 Å². The Bertz CT molecular complexity index is 477. The van der Waals surface area contributed by atoms with Crippen molar-refractivity contribution in [2.75, 3.05) is 6.61 Å². The highest BCUT2D eigenvalue weighted by Crippen LogP contribution is 2.59. The molecule has 0 amide bonds. The summed E-state index contributed by atoms with van der Waals surface area (Å²) >= 11 is 0. The zero-order chi connectivity index (χ0) is 14.2. The van der Waals surface area contributed by atoms with Crippen LogP contribution in [0.25, 0.3) is 0 Å². The van der Waals surface area contributed by atoms with Gasteiger partial charge in [-0.3, -0.25) is 4.79 Å². The summed E-state index contributed by atoms with van der Waals surface area (Å²) in [6, 6.07) is 10.7. The van der Waals surface area contributed by atoms with Gasteiger partial charge in [-0.15, -0.1) is 0 Å². The first-order chi connectivity index (χ1) is 9.60. The lowest BCUT2D eigenvalue weighted by atomic mass is 9.85. The first-order valence-electron chi connectivity index (χ1n) is 7.82. The summed E-state index contributed by atoms with van der Waals surface area (Å²) < 4.78 is 5.55. The molecule has 0 aliphatic heterocycles. The highest BCUT2D eigenvalue weighted by atomic mass is 16.5. The minimum Gasteiger partial charge on any atom is -0.465 e. The predicted octanol–water partition coefficient (Wildman–Crippen LogP) is 4.16. The second-order valence-corrected chi connectivity index (χ2v) is 6.90. The zero-order valence-electron chi connectivity index (χ0n) is 12.5. The Morgan fingerprint density at radius 3 is 2.65 bits per heavy atom. The maximum Gasteiger partial charge on any atom is 0.308 e. The van der Waals surface area contributed by atoms with Gasteiger partial charge in [-0.1, -0.05) is 50.6 Å². The maximum atomic E-state index is 11.8. The van der Waals surface area contributed by atoms with Crippen molar-refractivity contribution in [1.29, 1.82) is 0 Å². The van der Waals surface area contributed by atoms with Crippen molar-refractivity contribution in [3.8, 4) is 0 Å². The van der Waals surface area contributed by atoms with E-state index >= 15 is 0 Å². The molecule has 3 rings (SSSR count). The van der Waals surface area contributed by atoms with E-state index in [1.54, 1.807) is 0 Å². The fraction of sp³-hybridized carbons (Fsp3) is 0.611. The monoisotopic (exact) mass is 272 g/mol. The molecule has 0 N–H and O–H groups in total. The lowest BCUT2D eigenvalue weighted by Crippen LogP contribution is -2.26. The first kappa shape index (κ1) is 13.7. The minimum atomic E-state index is 0.0375. The lowest BCUT2D eigenvalue weighted by Gasteiger charge is -2.24. The molecule has 2 saturated carbocycles. The molecule has 0 radical (unpaired) electrons. The molecule has 0 aromatic heterocycles. The van der Waals surface area contributed by atoms with Gasteiger partial charge in [0.2, 0.25) is 0 Å². The molecule has 2 nitrogen and oxygen atoms in total. The van der Waals surface area contributed by atoms with E-state index in [0.717, 1.165) is 12.8 Å². The quantitative estimate of drug-likeness (QED) is 0.752. The van der Waals surface area contributed by atoms with E-state index in [-0.39, 0.29) is 17.3 Å². The van der Waals surface area contributed by atoms with Gasteiger partial charge in [0.05, 0.1) is 12.5 Å². The van der Waals surface area contributed by atoms with Crippen LogP contribution >= 0.6 is 0 Å². The van der Waals surface area contributed by atoms with Gasteiger partial charge in [0.1, 0.15) is 0 Å². The molecule has 2 aliphatic carbocycles. The van der Waals surface area contributed by atoms with Gasteiger partial charge in [-0.25, -0.2) is 0 Å². The Hall–Kier alpha value is -1.31. The van der Waals surface area contributed by atoms with E-state index in [2.05, 4.69) is 44.2 Å². The standard InChI is InChI=1S/C18H24O2/c1-13(14-7-4-3-5-8-14)16-11-18(16,2)12-20-17(19)15-9-6-10-15/h3-5,7-8,13,15-16H,6,9-12H2,1-2H3/t13-,16?,18?/m0/s1. The summed E-state index contributed by atoms with van der Waals surface area (Å²) in [5, 5.41) is 0. The fourth-order valence-corrected chi connectivity index (χ4v) is 3.38. The van der Waals surface area contributed by atoms with Crippen LogP contribution in [0.5, 0.6) is 0 Å². The van der Waals surface area contributed by atoms with Crippen molar-refractivity contribution in [2.45, 2.75) is 45.4 Å². The fourth-order valence-electron chi connectivity index (χ4n) is 3.38. The summed E-state index contributed by atoms with van der Waals surface area (Å²) in [6.07, 6.45) is 4.41. The molecule has 2 aliphatic rings. The Balaban J connectivity index is 1.52. The highest BCUT2D eigenvalue weighted by molar-refractivity contribution is 5.73. The molecule has 0 saturated heterocycles. The second kappa shape index (κ2) is 5.23. The van der Waals surface area contributed by atoms with E-state index < -0.39 is 0 Å². The molecule has 2 heteroatoms. The number of ether oxygens (including phenoxy) is 1. The summed E-state index contributed by atoms with van der Waals surface area (Å²) in [5.74, 6) is 1.42. The summed E-state index contributed by atoms with van der Waals surface area (Å²) in [7, 11) is 0. The molecule has 2 unspecified atom stereocenters. The van der Waals surface area contributed by atoms with Crippen LogP contribution in [0.2, 0.25) is 0 Å². The van der Waals surface area contributed by atoms with Crippen LogP contribution in [0, 0.1) is 17.3 Å². The van der Waals surface area contributed by atoms with Gasteiger partial charge >= 0.3 is 5.97 Å². The number of hydrogen-bond acceptors (Lipinski definition) is 2. The SMILES string of the molecule is C[C@@H](c1ccccc1)C1CC1(C)COC(=O)C1CCC1. The smallest absolute Gasteiger partial charge is 0.308 e. The van der Waals surface area contributed by atoms with E-state index in [1.165, 1.54) is 18.4 Å². The van der Waals surface area contributed by atoms with Crippen LogP contribution in [0.1, 0.15) is 51.0 Å². The van der Waals surface area contributed by atoms with Crippen molar-refractivity contribution in [2.24, 2.45) is 17.3 Å². The Kier molecular flexibility index (Phi) is 3.57. The van der Waals surface area contributed by atoms with E-state index in [4.69, 9.17) is 4.74 Å². The average Bonchev–Trinajstić information content (AvgIpc) is 3.07. The van der Waals surface area contributed by atoms with Crippen LogP contribution in [0.3, 0.4) is 0 Å².